The second-order valence-corrected chi connectivity index (χ2v) is 12.5. The molecule has 2 N–H and O–H groups in total. The average molecular weight is 746 g/mol. The molecule has 0 saturated carbocycles. The fourth-order valence-electron chi connectivity index (χ4n) is 6.89. The van der Waals surface area contributed by atoms with E-state index in [9.17, 15) is 17.6 Å². The molecule has 4 nitrogen and oxygen atoms in total. The molecule has 0 spiro atoms. The number of hydrogen-bond donors (Lipinski definition) is 2. The topological polar surface area (TPSA) is 57.4 Å². The smallest absolute Gasteiger partial charge is 0.354 e. The number of hydrogen-bond acceptors (Lipinski definition) is 2. The summed E-state index contributed by atoms with van der Waals surface area (Å²) in [5.41, 5.74) is 11.3. The maximum Gasteiger partial charge on any atom is 2.00 e. The van der Waals surface area contributed by atoms with Gasteiger partial charge in [0.25, 0.3) is 0 Å². The normalized spacial score (nSPS) is 11.8. The maximum absolute atomic E-state index is 14.2. The first kappa shape index (κ1) is 33.8. The molecule has 53 heavy (non-hydrogen) atoms. The molecule has 257 valence electrons. The number of fused-ring (bicyclic) bond motifs is 8. The Hall–Kier alpha value is -6.29. The van der Waals surface area contributed by atoms with Crippen LogP contribution in [0.15, 0.2) is 121 Å². The molecular weight excluding hydrogens is 719 g/mol. The van der Waals surface area contributed by atoms with Gasteiger partial charge in [-0.3, -0.25) is 0 Å². The predicted molar refractivity (Wildman–Crippen MR) is 200 cm³/mol. The van der Waals surface area contributed by atoms with Gasteiger partial charge in [-0.05, 0) is 119 Å². The Morgan fingerprint density at radius 2 is 0.509 bits per heavy atom. The van der Waals surface area contributed by atoms with Crippen molar-refractivity contribution < 1.29 is 34.3 Å². The number of aromatic amines is 2. The molecule has 0 fully saturated rings. The van der Waals surface area contributed by atoms with Gasteiger partial charge >= 0.3 is 16.8 Å². The van der Waals surface area contributed by atoms with Gasteiger partial charge in [-0.15, -0.1) is 0 Å². The number of rotatable bonds is 4. The monoisotopic (exact) mass is 745 g/mol. The third-order valence-corrected chi connectivity index (χ3v) is 9.29. The first-order valence-electron chi connectivity index (χ1n) is 16.6. The van der Waals surface area contributed by atoms with E-state index in [1.54, 1.807) is 48.5 Å². The van der Waals surface area contributed by atoms with Gasteiger partial charge in [-0.1, -0.05) is 48.5 Å². The summed E-state index contributed by atoms with van der Waals surface area (Å²) < 4.78 is 56.8. The number of halogens is 4. The zero-order valence-electron chi connectivity index (χ0n) is 27.6. The summed E-state index contributed by atoms with van der Waals surface area (Å²) in [6.45, 7) is 0. The van der Waals surface area contributed by atoms with Crippen LogP contribution in [0.5, 0.6) is 0 Å². The van der Waals surface area contributed by atoms with Gasteiger partial charge in [0.15, 0.2) is 0 Å². The van der Waals surface area contributed by atoms with Crippen LogP contribution in [0.3, 0.4) is 0 Å². The third-order valence-electron chi connectivity index (χ3n) is 9.29. The van der Waals surface area contributed by atoms with Crippen molar-refractivity contribution in [3.8, 4) is 44.5 Å². The number of H-pyrrole nitrogens is 2. The predicted octanol–water partition coefficient (Wildman–Crippen LogP) is 11.9. The zero-order chi connectivity index (χ0) is 35.3. The van der Waals surface area contributed by atoms with E-state index in [2.05, 4.69) is 9.97 Å². The van der Waals surface area contributed by atoms with Crippen LogP contribution in [-0.2, 0) is 16.8 Å². The average Bonchev–Trinajstić information content (AvgIpc) is 3.99. The van der Waals surface area contributed by atoms with E-state index in [0.717, 1.165) is 44.5 Å². The van der Waals surface area contributed by atoms with Crippen LogP contribution < -0.4 is 0 Å². The summed E-state index contributed by atoms with van der Waals surface area (Å²) in [5.74, 6) is -1.45. The van der Waals surface area contributed by atoms with Crippen LogP contribution in [0.4, 0.5) is 17.6 Å². The Morgan fingerprint density at radius 1 is 0.302 bits per heavy atom. The Kier molecular flexibility index (Phi) is 8.73. The molecule has 8 bridgehead atoms. The molecule has 0 unspecified atom stereocenters. The van der Waals surface area contributed by atoms with Gasteiger partial charge < -0.3 is 9.97 Å². The van der Waals surface area contributed by atoms with E-state index in [1.807, 2.05) is 48.6 Å². The molecule has 0 amide bonds. The summed E-state index contributed by atoms with van der Waals surface area (Å²) in [6.07, 6.45) is 7.63. The van der Waals surface area contributed by atoms with Crippen molar-refractivity contribution in [3.63, 3.8) is 0 Å². The molecule has 1 radical (unpaired) electrons. The summed E-state index contributed by atoms with van der Waals surface area (Å²) >= 11 is 0. The van der Waals surface area contributed by atoms with Gasteiger partial charge in [-0.2, -0.15) is 0 Å². The van der Waals surface area contributed by atoms with E-state index in [0.29, 0.717) is 44.8 Å². The Bertz CT molecular complexity index is 2370. The Balaban J connectivity index is 0.00000400. The van der Waals surface area contributed by atoms with Gasteiger partial charge in [0.2, 0.25) is 0 Å². The Labute approximate surface area is 311 Å². The number of nitrogens with one attached hydrogen (secondary N) is 2. The second kappa shape index (κ2) is 13.7. The van der Waals surface area contributed by atoms with Gasteiger partial charge in [0.1, 0.15) is 23.3 Å². The van der Waals surface area contributed by atoms with Crippen molar-refractivity contribution in [1.82, 2.24) is 19.9 Å². The summed E-state index contributed by atoms with van der Waals surface area (Å²) in [7, 11) is 0. The number of benzene rings is 4. The van der Waals surface area contributed by atoms with E-state index < -0.39 is 0 Å². The zero-order valence-corrected chi connectivity index (χ0v) is 28.6. The standard InChI is InChI=1S/C44H26F4N4.Co/c45-29-9-1-25(2-10-29)41-33-17-19-35(49-33)42(26-3-11-30(46)12-4-26)37-21-23-39(51-37)44(28-7-15-32(48)16-8-28)40-24-22-38(52-40)43(36-20-18-34(41)50-36)27-5-13-31(47)14-6-27;/h1-24,49,52H;/q;+2. The summed E-state index contributed by atoms with van der Waals surface area (Å²) in [4.78, 5) is 17.4. The van der Waals surface area contributed by atoms with E-state index in [-0.39, 0.29) is 40.0 Å². The van der Waals surface area contributed by atoms with Crippen molar-refractivity contribution >= 4 is 46.4 Å². The molecule has 2 aliphatic rings. The first-order valence-corrected chi connectivity index (χ1v) is 16.6. The molecule has 2 aliphatic heterocycles. The molecule has 0 atom stereocenters. The van der Waals surface area contributed by atoms with Crippen LogP contribution >= 0.6 is 0 Å². The van der Waals surface area contributed by atoms with Crippen molar-refractivity contribution in [1.29, 1.82) is 0 Å². The molecule has 9 rings (SSSR count). The molecule has 0 saturated heterocycles. The minimum Gasteiger partial charge on any atom is -0.354 e. The molecular formula is C44H26CoF4N4+2. The molecule has 4 aromatic carbocycles. The maximum atomic E-state index is 14.2. The van der Waals surface area contributed by atoms with Gasteiger partial charge in [0.05, 0.1) is 22.8 Å². The minimum atomic E-state index is -0.364. The summed E-state index contributed by atoms with van der Waals surface area (Å²) in [5, 5.41) is 0. The van der Waals surface area contributed by atoms with Gasteiger partial charge in [-0.25, -0.2) is 27.5 Å². The minimum absolute atomic E-state index is 0. The van der Waals surface area contributed by atoms with E-state index >= 15 is 0 Å². The van der Waals surface area contributed by atoms with Crippen LogP contribution in [0.2, 0.25) is 0 Å². The second-order valence-electron chi connectivity index (χ2n) is 12.5. The molecule has 9 heteroatoms. The molecule has 0 aliphatic carbocycles. The quantitative estimate of drug-likeness (QED) is 0.176. The van der Waals surface area contributed by atoms with Crippen molar-refractivity contribution in [3.05, 3.63) is 167 Å². The van der Waals surface area contributed by atoms with Crippen molar-refractivity contribution in [2.45, 2.75) is 0 Å². The fourth-order valence-corrected chi connectivity index (χ4v) is 6.89. The molecule has 3 aromatic heterocycles. The van der Waals surface area contributed by atoms with Crippen molar-refractivity contribution in [2.24, 2.45) is 0 Å². The fraction of sp³-hybridized carbons (Fsp3) is 0. The van der Waals surface area contributed by atoms with Crippen LogP contribution in [-0.4, -0.2) is 19.9 Å². The van der Waals surface area contributed by atoms with E-state index in [1.165, 1.54) is 48.5 Å². The van der Waals surface area contributed by atoms with Crippen LogP contribution in [0, 0.1) is 23.3 Å². The third kappa shape index (κ3) is 6.30. The Morgan fingerprint density at radius 3 is 0.717 bits per heavy atom. The first-order chi connectivity index (χ1) is 25.4. The summed E-state index contributed by atoms with van der Waals surface area (Å²) in [6, 6.07) is 32.7. The van der Waals surface area contributed by atoms with Crippen molar-refractivity contribution in [2.75, 3.05) is 0 Å². The number of nitrogens with zero attached hydrogens (tertiary/aromatic N) is 2. The van der Waals surface area contributed by atoms with Crippen LogP contribution in [0.1, 0.15) is 22.8 Å². The molecule has 5 heterocycles. The van der Waals surface area contributed by atoms with E-state index in [4.69, 9.17) is 9.97 Å². The largest absolute Gasteiger partial charge is 2.00 e. The van der Waals surface area contributed by atoms with Crippen LogP contribution in [0.25, 0.3) is 90.9 Å². The molecule has 7 aromatic rings. The number of aromatic nitrogens is 4. The van der Waals surface area contributed by atoms with Gasteiger partial charge in [0, 0.05) is 44.3 Å². The SMILES string of the molecule is Fc1ccc(-c2c3nc(c(-c4ccc(F)cc4)c4ccc([nH]4)c(-c4ccc(F)cc4)c4nc(c(-c5ccc(F)cc5)c5ccc2[nH]5)C=C4)C=C3)cc1.[Co+2].